The summed E-state index contributed by atoms with van der Waals surface area (Å²) in [5.74, 6) is 1.10. The number of hydrogen-bond donors (Lipinski definition) is 1. The minimum Gasteiger partial charge on any atom is -0.491 e. The molecule has 0 saturated heterocycles. The number of pyridine rings is 1. The average Bonchev–Trinajstić information content (AvgIpc) is 2.44. The van der Waals surface area contributed by atoms with Crippen molar-refractivity contribution in [3.05, 3.63) is 23.5 Å². The second-order valence-corrected chi connectivity index (χ2v) is 6.60. The Morgan fingerprint density at radius 3 is 2.76 bits per heavy atom. The van der Waals surface area contributed by atoms with Crippen LogP contribution in [-0.4, -0.2) is 28.6 Å². The normalized spacial score (nSPS) is 22.9. The molecule has 0 bridgehead atoms. The Kier molecular flexibility index (Phi) is 4.99. The SMILES string of the molecule is Cc1cncc(OCC2CCCCC2C(C)(C)O)c1C=O. The molecule has 1 aliphatic rings. The first-order valence-corrected chi connectivity index (χ1v) is 7.68. The molecule has 2 unspecified atom stereocenters. The molecule has 2 rings (SSSR count). The van der Waals surface area contributed by atoms with Crippen molar-refractivity contribution >= 4 is 6.29 Å². The topological polar surface area (TPSA) is 59.4 Å². The fraction of sp³-hybridized carbons (Fsp3) is 0.647. The van der Waals surface area contributed by atoms with Crippen LogP contribution < -0.4 is 4.74 Å². The number of hydrogen-bond acceptors (Lipinski definition) is 4. The molecule has 1 N–H and O–H groups in total. The van der Waals surface area contributed by atoms with Crippen molar-refractivity contribution in [1.29, 1.82) is 0 Å². The van der Waals surface area contributed by atoms with E-state index in [0.29, 0.717) is 23.8 Å². The van der Waals surface area contributed by atoms with E-state index >= 15 is 0 Å². The lowest BCUT2D eigenvalue weighted by atomic mass is 9.72. The summed E-state index contributed by atoms with van der Waals surface area (Å²) in [5, 5.41) is 10.3. The van der Waals surface area contributed by atoms with Gasteiger partial charge in [0.2, 0.25) is 0 Å². The van der Waals surface area contributed by atoms with Gasteiger partial charge in [0.1, 0.15) is 5.75 Å². The predicted octanol–water partition coefficient (Wildman–Crippen LogP) is 3.16. The Balaban J connectivity index is 2.08. The molecule has 0 aliphatic heterocycles. The maximum absolute atomic E-state index is 11.2. The third-order valence-corrected chi connectivity index (χ3v) is 4.54. The van der Waals surface area contributed by atoms with Gasteiger partial charge in [0.25, 0.3) is 0 Å². The summed E-state index contributed by atoms with van der Waals surface area (Å²) < 4.78 is 5.87. The monoisotopic (exact) mass is 291 g/mol. The highest BCUT2D eigenvalue weighted by molar-refractivity contribution is 5.81. The van der Waals surface area contributed by atoms with E-state index in [1.165, 1.54) is 6.42 Å². The van der Waals surface area contributed by atoms with Gasteiger partial charge in [0.15, 0.2) is 6.29 Å². The molecule has 116 valence electrons. The first kappa shape index (κ1) is 16.0. The van der Waals surface area contributed by atoms with Gasteiger partial charge in [-0.15, -0.1) is 0 Å². The zero-order valence-electron chi connectivity index (χ0n) is 13.1. The van der Waals surface area contributed by atoms with Gasteiger partial charge in [0, 0.05) is 6.20 Å². The van der Waals surface area contributed by atoms with Gasteiger partial charge in [0.05, 0.1) is 24.0 Å². The zero-order valence-corrected chi connectivity index (χ0v) is 13.1. The number of aldehydes is 1. The average molecular weight is 291 g/mol. The molecule has 4 heteroatoms. The highest BCUT2D eigenvalue weighted by Crippen LogP contribution is 2.37. The Bertz CT molecular complexity index is 493. The fourth-order valence-electron chi connectivity index (χ4n) is 3.35. The molecule has 0 aromatic carbocycles. The van der Waals surface area contributed by atoms with Crippen LogP contribution in [0.15, 0.2) is 12.4 Å². The largest absolute Gasteiger partial charge is 0.491 e. The Hall–Kier alpha value is -1.42. The van der Waals surface area contributed by atoms with Gasteiger partial charge < -0.3 is 9.84 Å². The summed E-state index contributed by atoms with van der Waals surface area (Å²) >= 11 is 0. The minimum atomic E-state index is -0.688. The van der Waals surface area contributed by atoms with Crippen LogP contribution in [-0.2, 0) is 0 Å². The van der Waals surface area contributed by atoms with Gasteiger partial charge >= 0.3 is 0 Å². The lowest BCUT2D eigenvalue weighted by molar-refractivity contribution is -0.0378. The third-order valence-electron chi connectivity index (χ3n) is 4.54. The second-order valence-electron chi connectivity index (χ2n) is 6.60. The van der Waals surface area contributed by atoms with Crippen LogP contribution in [0.1, 0.15) is 55.5 Å². The summed E-state index contributed by atoms with van der Waals surface area (Å²) in [6.45, 7) is 6.13. The number of rotatable bonds is 5. The number of carbonyl (C=O) groups excluding carboxylic acids is 1. The van der Waals surface area contributed by atoms with E-state index in [1.807, 2.05) is 20.8 Å². The Morgan fingerprint density at radius 2 is 2.10 bits per heavy atom. The third kappa shape index (κ3) is 3.82. The molecule has 0 spiro atoms. The summed E-state index contributed by atoms with van der Waals surface area (Å²) in [4.78, 5) is 15.3. The fourth-order valence-corrected chi connectivity index (χ4v) is 3.35. The van der Waals surface area contributed by atoms with E-state index in [4.69, 9.17) is 4.74 Å². The molecular weight excluding hydrogens is 266 g/mol. The number of aryl methyl sites for hydroxylation is 1. The van der Waals surface area contributed by atoms with Crippen LogP contribution in [0.3, 0.4) is 0 Å². The lowest BCUT2D eigenvalue weighted by Gasteiger charge is -2.39. The standard InChI is InChI=1S/C17H25NO3/c1-12-8-18-9-16(14(12)10-19)21-11-13-6-4-5-7-15(13)17(2,3)20/h8-10,13,15,20H,4-7,11H2,1-3H3. The molecule has 1 aromatic rings. The summed E-state index contributed by atoms with van der Waals surface area (Å²) in [6.07, 6.45) is 8.51. The van der Waals surface area contributed by atoms with E-state index in [-0.39, 0.29) is 5.92 Å². The summed E-state index contributed by atoms with van der Waals surface area (Å²) in [6, 6.07) is 0. The maximum Gasteiger partial charge on any atom is 0.154 e. The van der Waals surface area contributed by atoms with Gasteiger partial charge in [-0.1, -0.05) is 12.8 Å². The van der Waals surface area contributed by atoms with Crippen molar-refractivity contribution in [1.82, 2.24) is 4.98 Å². The summed E-state index contributed by atoms with van der Waals surface area (Å²) in [7, 11) is 0. The van der Waals surface area contributed by atoms with E-state index in [2.05, 4.69) is 4.98 Å². The van der Waals surface area contributed by atoms with Gasteiger partial charge in [-0.2, -0.15) is 0 Å². The Morgan fingerprint density at radius 1 is 1.38 bits per heavy atom. The highest BCUT2D eigenvalue weighted by Gasteiger charge is 2.36. The molecule has 4 nitrogen and oxygen atoms in total. The quantitative estimate of drug-likeness (QED) is 0.847. The van der Waals surface area contributed by atoms with Gasteiger partial charge in [-0.3, -0.25) is 9.78 Å². The van der Waals surface area contributed by atoms with Crippen molar-refractivity contribution < 1.29 is 14.6 Å². The summed E-state index contributed by atoms with van der Waals surface area (Å²) in [5.41, 5.74) is 0.707. The van der Waals surface area contributed by atoms with Crippen molar-refractivity contribution in [2.24, 2.45) is 11.8 Å². The number of nitrogens with zero attached hydrogens (tertiary/aromatic N) is 1. The van der Waals surface area contributed by atoms with Crippen molar-refractivity contribution in [2.75, 3.05) is 6.61 Å². The van der Waals surface area contributed by atoms with E-state index < -0.39 is 5.60 Å². The molecule has 0 amide bonds. The Labute approximate surface area is 126 Å². The van der Waals surface area contributed by atoms with Crippen molar-refractivity contribution in [2.45, 2.75) is 52.1 Å². The first-order chi connectivity index (χ1) is 9.93. The van der Waals surface area contributed by atoms with Crippen LogP contribution in [0.2, 0.25) is 0 Å². The van der Waals surface area contributed by atoms with Crippen LogP contribution in [0.5, 0.6) is 5.75 Å². The number of aliphatic hydroxyl groups is 1. The second kappa shape index (κ2) is 6.56. The molecule has 1 heterocycles. The molecule has 1 fully saturated rings. The zero-order chi connectivity index (χ0) is 15.5. The smallest absolute Gasteiger partial charge is 0.154 e. The lowest BCUT2D eigenvalue weighted by Crippen LogP contribution is -2.40. The first-order valence-electron chi connectivity index (χ1n) is 7.68. The van der Waals surface area contributed by atoms with Crippen LogP contribution >= 0.6 is 0 Å². The van der Waals surface area contributed by atoms with Crippen LogP contribution in [0.25, 0.3) is 0 Å². The van der Waals surface area contributed by atoms with Crippen molar-refractivity contribution in [3.8, 4) is 5.75 Å². The van der Waals surface area contributed by atoms with Gasteiger partial charge in [-0.05, 0) is 51.0 Å². The maximum atomic E-state index is 11.2. The van der Waals surface area contributed by atoms with Crippen molar-refractivity contribution in [3.63, 3.8) is 0 Å². The molecule has 2 atom stereocenters. The molecular formula is C17H25NO3. The highest BCUT2D eigenvalue weighted by atomic mass is 16.5. The molecule has 1 aliphatic carbocycles. The van der Waals surface area contributed by atoms with Crippen LogP contribution in [0, 0.1) is 18.8 Å². The van der Waals surface area contributed by atoms with Gasteiger partial charge in [-0.25, -0.2) is 0 Å². The minimum absolute atomic E-state index is 0.240. The van der Waals surface area contributed by atoms with Crippen LogP contribution in [0.4, 0.5) is 0 Å². The van der Waals surface area contributed by atoms with E-state index in [1.54, 1.807) is 12.4 Å². The number of aromatic nitrogens is 1. The number of carbonyl (C=O) groups is 1. The van der Waals surface area contributed by atoms with E-state index in [9.17, 15) is 9.90 Å². The number of ether oxygens (including phenoxy) is 1. The predicted molar refractivity (Wildman–Crippen MR) is 81.6 cm³/mol. The molecule has 1 saturated carbocycles. The molecule has 1 aromatic heterocycles. The molecule has 0 radical (unpaired) electrons. The molecule has 21 heavy (non-hydrogen) atoms. The van der Waals surface area contributed by atoms with E-state index in [0.717, 1.165) is 31.1 Å².